The zero-order valence-electron chi connectivity index (χ0n) is 25.9. The van der Waals surface area contributed by atoms with E-state index in [1.54, 1.807) is 0 Å². The highest BCUT2D eigenvalue weighted by Gasteiger charge is 2.56. The van der Waals surface area contributed by atoms with Gasteiger partial charge in [-0.3, -0.25) is 9.59 Å². The standard InChI is InChI=1S/C36H42N2O4/c1-23-29(18-20-31(39)41-6)25(3)37-33(23)36(28-16-12-9-13-17-28)22-35(5,27-14-10-8-11-15-27)34-24(2)30(26(4)38(34)36)19-21-32(40)42-7/h8-17,37H,18-22H2,1-7H3. The minimum Gasteiger partial charge on any atom is -0.469 e. The van der Waals surface area contributed by atoms with E-state index in [1.807, 2.05) is 0 Å². The Balaban J connectivity index is 1.83. The zero-order valence-corrected chi connectivity index (χ0v) is 25.9. The second kappa shape index (κ2) is 11.3. The molecule has 6 nitrogen and oxygen atoms in total. The van der Waals surface area contributed by atoms with Gasteiger partial charge in [0.1, 0.15) is 5.54 Å². The van der Waals surface area contributed by atoms with Crippen LogP contribution in [-0.2, 0) is 42.9 Å². The number of carbonyl (C=O) groups excluding carboxylic acids is 2. The van der Waals surface area contributed by atoms with Crippen molar-refractivity contribution < 1.29 is 19.1 Å². The normalized spacial score (nSPS) is 19.5. The third-order valence-electron chi connectivity index (χ3n) is 9.60. The van der Waals surface area contributed by atoms with Gasteiger partial charge in [-0.15, -0.1) is 0 Å². The first-order valence-electron chi connectivity index (χ1n) is 14.7. The lowest BCUT2D eigenvalue weighted by Crippen LogP contribution is -2.36. The Morgan fingerprint density at radius 3 is 1.86 bits per heavy atom. The number of nitrogens with zero attached hydrogens (tertiary/aromatic N) is 1. The first kappa shape index (κ1) is 29.4. The number of fused-ring (bicyclic) bond motifs is 1. The lowest BCUT2D eigenvalue weighted by molar-refractivity contribution is -0.141. The zero-order chi connectivity index (χ0) is 30.2. The second-order valence-corrected chi connectivity index (χ2v) is 11.9. The molecule has 0 saturated heterocycles. The van der Waals surface area contributed by atoms with Crippen molar-refractivity contribution in [2.45, 2.75) is 77.7 Å². The Morgan fingerprint density at radius 2 is 1.31 bits per heavy atom. The van der Waals surface area contributed by atoms with E-state index in [0.29, 0.717) is 25.7 Å². The number of aromatic amines is 1. The van der Waals surface area contributed by atoms with Gasteiger partial charge in [-0.25, -0.2) is 0 Å². The summed E-state index contributed by atoms with van der Waals surface area (Å²) in [5, 5.41) is 0. The molecule has 0 aliphatic carbocycles. The van der Waals surface area contributed by atoms with Gasteiger partial charge in [-0.1, -0.05) is 60.7 Å². The molecule has 0 bridgehead atoms. The maximum Gasteiger partial charge on any atom is 0.305 e. The molecule has 42 heavy (non-hydrogen) atoms. The number of aromatic nitrogens is 2. The third kappa shape index (κ3) is 4.57. The summed E-state index contributed by atoms with van der Waals surface area (Å²) < 4.78 is 12.5. The molecule has 2 atom stereocenters. The number of hydrogen-bond donors (Lipinski definition) is 1. The van der Waals surface area contributed by atoms with Crippen molar-refractivity contribution in [3.63, 3.8) is 0 Å². The molecule has 220 valence electrons. The van der Waals surface area contributed by atoms with Crippen molar-refractivity contribution >= 4 is 11.9 Å². The quantitative estimate of drug-likeness (QED) is 0.227. The summed E-state index contributed by atoms with van der Waals surface area (Å²) in [6, 6.07) is 21.5. The Morgan fingerprint density at radius 1 is 0.786 bits per heavy atom. The highest BCUT2D eigenvalue weighted by atomic mass is 16.5. The van der Waals surface area contributed by atoms with E-state index in [0.717, 1.165) is 29.1 Å². The Bertz CT molecular complexity index is 1620. The van der Waals surface area contributed by atoms with E-state index in [2.05, 4.69) is 105 Å². The van der Waals surface area contributed by atoms with Crippen molar-refractivity contribution in [2.24, 2.45) is 0 Å². The van der Waals surface area contributed by atoms with Crippen LogP contribution in [0, 0.1) is 27.7 Å². The molecule has 0 radical (unpaired) electrons. The number of carbonyl (C=O) groups is 2. The largest absolute Gasteiger partial charge is 0.469 e. The molecule has 0 saturated carbocycles. The topological polar surface area (TPSA) is 73.3 Å². The molecule has 0 fully saturated rings. The maximum absolute atomic E-state index is 12.3. The summed E-state index contributed by atoms with van der Waals surface area (Å²) in [4.78, 5) is 28.2. The summed E-state index contributed by atoms with van der Waals surface area (Å²) in [5.41, 5.74) is 11.0. The fourth-order valence-electron chi connectivity index (χ4n) is 7.64. The molecular weight excluding hydrogens is 524 g/mol. The van der Waals surface area contributed by atoms with Crippen LogP contribution in [-0.4, -0.2) is 35.7 Å². The molecule has 3 heterocycles. The van der Waals surface area contributed by atoms with Crippen molar-refractivity contribution in [1.82, 2.24) is 9.55 Å². The number of ether oxygens (including phenoxy) is 2. The number of nitrogens with one attached hydrogen (secondary N) is 1. The number of esters is 2. The second-order valence-electron chi connectivity index (χ2n) is 11.9. The van der Waals surface area contributed by atoms with E-state index in [-0.39, 0.29) is 17.4 Å². The van der Waals surface area contributed by atoms with Gasteiger partial charge < -0.3 is 19.0 Å². The van der Waals surface area contributed by atoms with E-state index in [4.69, 9.17) is 9.47 Å². The fraction of sp³-hybridized carbons (Fsp3) is 0.389. The van der Waals surface area contributed by atoms with Crippen LogP contribution in [0.25, 0.3) is 0 Å². The molecule has 0 spiro atoms. The van der Waals surface area contributed by atoms with Crippen LogP contribution < -0.4 is 0 Å². The van der Waals surface area contributed by atoms with Crippen LogP contribution in [0.5, 0.6) is 0 Å². The van der Waals surface area contributed by atoms with Crippen molar-refractivity contribution in [1.29, 1.82) is 0 Å². The smallest absolute Gasteiger partial charge is 0.305 e. The summed E-state index contributed by atoms with van der Waals surface area (Å²) in [6.45, 7) is 11.0. The molecule has 1 N–H and O–H groups in total. The predicted molar refractivity (Wildman–Crippen MR) is 165 cm³/mol. The van der Waals surface area contributed by atoms with Crippen LogP contribution in [0.1, 0.15) is 82.3 Å². The van der Waals surface area contributed by atoms with Crippen LogP contribution >= 0.6 is 0 Å². The molecule has 0 amide bonds. The minimum absolute atomic E-state index is 0.202. The molecule has 2 aromatic heterocycles. The van der Waals surface area contributed by atoms with E-state index in [1.165, 1.54) is 47.7 Å². The number of hydrogen-bond acceptors (Lipinski definition) is 4. The first-order chi connectivity index (χ1) is 20.1. The van der Waals surface area contributed by atoms with E-state index >= 15 is 0 Å². The first-order valence-corrected chi connectivity index (χ1v) is 14.7. The van der Waals surface area contributed by atoms with Crippen molar-refractivity contribution in [3.05, 3.63) is 117 Å². The van der Waals surface area contributed by atoms with Crippen LogP contribution in [0.4, 0.5) is 0 Å². The van der Waals surface area contributed by atoms with E-state index < -0.39 is 5.54 Å². The summed E-state index contributed by atoms with van der Waals surface area (Å²) in [6.07, 6.45) is 2.72. The third-order valence-corrected chi connectivity index (χ3v) is 9.60. The number of aryl methyl sites for hydroxylation is 1. The minimum atomic E-state index is -0.544. The van der Waals surface area contributed by atoms with Crippen molar-refractivity contribution in [2.75, 3.05) is 14.2 Å². The Labute approximate surface area is 249 Å². The SMILES string of the molecule is COC(=O)CCc1c(C)[nH]c(C2(c3ccccc3)CC(C)(c3ccccc3)c3c(C)c(CCC(=O)OC)c(C)n32)c1C. The number of benzene rings is 2. The molecule has 5 rings (SSSR count). The molecule has 2 aromatic carbocycles. The highest BCUT2D eigenvalue weighted by molar-refractivity contribution is 5.70. The fourth-order valence-corrected chi connectivity index (χ4v) is 7.64. The Kier molecular flexibility index (Phi) is 7.93. The lowest BCUT2D eigenvalue weighted by atomic mass is 9.69. The van der Waals surface area contributed by atoms with E-state index in [9.17, 15) is 9.59 Å². The summed E-state index contributed by atoms with van der Waals surface area (Å²) >= 11 is 0. The van der Waals surface area contributed by atoms with Gasteiger partial charge >= 0.3 is 11.9 Å². The Hall–Kier alpha value is -4.06. The van der Waals surface area contributed by atoms with Crippen LogP contribution in [0.3, 0.4) is 0 Å². The highest BCUT2D eigenvalue weighted by Crippen LogP contribution is 2.58. The van der Waals surface area contributed by atoms with Gasteiger partial charge in [0, 0.05) is 41.0 Å². The summed E-state index contributed by atoms with van der Waals surface area (Å²) in [7, 11) is 2.89. The van der Waals surface area contributed by atoms with Gasteiger partial charge in [0.05, 0.1) is 14.2 Å². The summed E-state index contributed by atoms with van der Waals surface area (Å²) in [5.74, 6) is -0.410. The van der Waals surface area contributed by atoms with Gasteiger partial charge in [0.25, 0.3) is 0 Å². The average Bonchev–Trinajstić information content (AvgIpc) is 3.57. The molecule has 1 aliphatic rings. The van der Waals surface area contributed by atoms with Gasteiger partial charge in [-0.05, 0) is 87.3 Å². The monoisotopic (exact) mass is 566 g/mol. The number of methoxy groups -OCH3 is 2. The maximum atomic E-state index is 12.3. The molecule has 6 heteroatoms. The van der Waals surface area contributed by atoms with Crippen LogP contribution in [0.2, 0.25) is 0 Å². The lowest BCUT2D eigenvalue weighted by Gasteiger charge is -2.36. The van der Waals surface area contributed by atoms with Crippen molar-refractivity contribution in [3.8, 4) is 0 Å². The predicted octanol–water partition coefficient (Wildman–Crippen LogP) is 6.76. The number of H-pyrrole nitrogens is 1. The van der Waals surface area contributed by atoms with Gasteiger partial charge in [0.15, 0.2) is 0 Å². The number of rotatable bonds is 9. The molecule has 2 unspecified atom stereocenters. The van der Waals surface area contributed by atoms with Crippen LogP contribution in [0.15, 0.2) is 60.7 Å². The molecular formula is C36H42N2O4. The van der Waals surface area contributed by atoms with Gasteiger partial charge in [0.2, 0.25) is 0 Å². The molecule has 4 aromatic rings. The molecule has 1 aliphatic heterocycles. The average molecular weight is 567 g/mol. The van der Waals surface area contributed by atoms with Gasteiger partial charge in [-0.2, -0.15) is 0 Å².